The van der Waals surface area contributed by atoms with E-state index in [1.807, 2.05) is 0 Å². The molecule has 0 aromatic rings. The second-order valence-corrected chi connectivity index (χ2v) is 6.91. The van der Waals surface area contributed by atoms with Gasteiger partial charge in [-0.25, -0.2) is 0 Å². The Kier molecular flexibility index (Phi) is 13.7. The molecule has 22 heavy (non-hydrogen) atoms. The van der Waals surface area contributed by atoms with Crippen molar-refractivity contribution in [3.8, 4) is 0 Å². The zero-order valence-electron chi connectivity index (χ0n) is 15.4. The van der Waals surface area contributed by atoms with Crippen LogP contribution in [0.15, 0.2) is 0 Å². The number of carboxylic acid groups (broad SMARTS) is 1. The Labute approximate surface area is 138 Å². The van der Waals surface area contributed by atoms with E-state index in [9.17, 15) is 0 Å². The van der Waals surface area contributed by atoms with Crippen LogP contribution in [-0.2, 0) is 4.79 Å². The van der Waals surface area contributed by atoms with Crippen LogP contribution < -0.4 is 5.11 Å². The third-order valence-electron chi connectivity index (χ3n) is 4.70. The first kappa shape index (κ1) is 21.4. The summed E-state index contributed by atoms with van der Waals surface area (Å²) in [4.78, 5) is 8.89. The van der Waals surface area contributed by atoms with Crippen LogP contribution in [0.2, 0.25) is 0 Å². The summed E-state index contributed by atoms with van der Waals surface area (Å²) in [6.45, 7) is 11.5. The van der Waals surface area contributed by atoms with E-state index in [1.165, 1.54) is 101 Å². The van der Waals surface area contributed by atoms with Gasteiger partial charge in [0.25, 0.3) is 0 Å². The lowest BCUT2D eigenvalue weighted by Gasteiger charge is -2.41. The molecule has 3 nitrogen and oxygen atoms in total. The first-order valence-electron chi connectivity index (χ1n) is 9.59. The molecule has 1 aliphatic heterocycles. The van der Waals surface area contributed by atoms with Gasteiger partial charge in [-0.15, -0.1) is 0 Å². The maximum Gasteiger partial charge on any atom is 0.0786 e. The van der Waals surface area contributed by atoms with E-state index >= 15 is 0 Å². The van der Waals surface area contributed by atoms with E-state index in [-0.39, 0.29) is 0 Å². The van der Waals surface area contributed by atoms with Gasteiger partial charge in [0.2, 0.25) is 0 Å². The maximum atomic E-state index is 8.89. The molecule has 1 heterocycles. The minimum Gasteiger partial charge on any atom is -0.550 e. The molecule has 0 saturated carbocycles. The topological polar surface area (TPSA) is 40.1 Å². The van der Waals surface area contributed by atoms with Crippen molar-refractivity contribution in [2.45, 2.75) is 91.4 Å². The molecule has 0 amide bonds. The zero-order valence-corrected chi connectivity index (χ0v) is 15.4. The molecule has 132 valence electrons. The van der Waals surface area contributed by atoms with E-state index in [2.05, 4.69) is 13.8 Å². The highest BCUT2D eigenvalue weighted by molar-refractivity contribution is 5.60. The fourth-order valence-corrected chi connectivity index (χ4v) is 3.62. The molecule has 0 aromatic heterocycles. The van der Waals surface area contributed by atoms with Gasteiger partial charge in [-0.3, -0.25) is 0 Å². The fraction of sp³-hybridized carbons (Fsp3) is 0.947. The number of hydrogen-bond acceptors (Lipinski definition) is 2. The minimum absolute atomic E-state index is 0.972. The van der Waals surface area contributed by atoms with Gasteiger partial charge in [0.1, 0.15) is 0 Å². The normalized spacial score (nSPS) is 16.7. The third kappa shape index (κ3) is 12.0. The van der Waals surface area contributed by atoms with Gasteiger partial charge in [-0.2, -0.15) is 0 Å². The van der Waals surface area contributed by atoms with Crippen molar-refractivity contribution >= 4 is 5.97 Å². The molecule has 0 unspecified atom stereocenters. The van der Waals surface area contributed by atoms with Crippen LogP contribution in [0.1, 0.15) is 91.4 Å². The molecule has 0 radical (unpaired) electrons. The largest absolute Gasteiger partial charge is 0.550 e. The van der Waals surface area contributed by atoms with Gasteiger partial charge in [0.15, 0.2) is 0 Å². The van der Waals surface area contributed by atoms with Crippen LogP contribution in [0.4, 0.5) is 0 Å². The van der Waals surface area contributed by atoms with Gasteiger partial charge in [0, 0.05) is 5.97 Å². The Bertz CT molecular complexity index is 251. The highest BCUT2D eigenvalue weighted by Gasteiger charge is 2.27. The lowest BCUT2D eigenvalue weighted by Crippen LogP contribution is -2.52. The van der Waals surface area contributed by atoms with Gasteiger partial charge < -0.3 is 14.4 Å². The number of unbranched alkanes of at least 4 members (excludes halogenated alkanes) is 6. The summed E-state index contributed by atoms with van der Waals surface area (Å²) in [7, 11) is 0. The maximum absolute atomic E-state index is 8.89. The predicted molar refractivity (Wildman–Crippen MR) is 92.5 cm³/mol. The molecule has 0 spiro atoms. The summed E-state index contributed by atoms with van der Waals surface area (Å²) in [5.41, 5.74) is 0. The summed E-state index contributed by atoms with van der Waals surface area (Å²) < 4.78 is 1.46. The number of nitrogens with zero attached hydrogens (tertiary/aromatic N) is 1. The Morgan fingerprint density at radius 2 is 1.32 bits per heavy atom. The Balaban J connectivity index is 0.000000980. The number of hydrogen-bond donors (Lipinski definition) is 0. The summed E-state index contributed by atoms with van der Waals surface area (Å²) in [6, 6.07) is 0. The highest BCUT2D eigenvalue weighted by atomic mass is 16.4. The smallest absolute Gasteiger partial charge is 0.0786 e. The third-order valence-corrected chi connectivity index (χ3v) is 4.70. The first-order valence-corrected chi connectivity index (χ1v) is 9.59. The standard InChI is InChI=1S/C17H36N.C2H4O2/c1-3-5-6-7-8-9-11-15-18(14-4-2)16-12-10-13-17-18;1-2(3)4/h3-17H2,1-2H3;1H3,(H,3,4)/q+1;/p-1. The molecule has 0 aliphatic carbocycles. The van der Waals surface area contributed by atoms with Crippen LogP contribution in [-0.4, -0.2) is 36.6 Å². The number of carboxylic acids is 1. The van der Waals surface area contributed by atoms with Crippen LogP contribution in [0.25, 0.3) is 0 Å². The van der Waals surface area contributed by atoms with Crippen molar-refractivity contribution in [3.05, 3.63) is 0 Å². The lowest BCUT2D eigenvalue weighted by molar-refractivity contribution is -0.932. The Morgan fingerprint density at radius 1 is 0.818 bits per heavy atom. The minimum atomic E-state index is -1.08. The molecule has 0 atom stereocenters. The average Bonchev–Trinajstić information content (AvgIpc) is 2.47. The van der Waals surface area contributed by atoms with Crippen molar-refractivity contribution in [2.75, 3.05) is 26.2 Å². The molecule has 1 fully saturated rings. The molecule has 0 aromatic carbocycles. The lowest BCUT2D eigenvalue weighted by atomic mass is 10.0. The van der Waals surface area contributed by atoms with Crippen LogP contribution in [0.5, 0.6) is 0 Å². The molecule has 1 saturated heterocycles. The highest BCUT2D eigenvalue weighted by Crippen LogP contribution is 2.21. The van der Waals surface area contributed by atoms with Gasteiger partial charge in [-0.1, -0.05) is 46.0 Å². The predicted octanol–water partition coefficient (Wildman–Crippen LogP) is 3.90. The Morgan fingerprint density at radius 3 is 1.82 bits per heavy atom. The van der Waals surface area contributed by atoms with Crippen LogP contribution >= 0.6 is 0 Å². The van der Waals surface area contributed by atoms with Crippen LogP contribution in [0.3, 0.4) is 0 Å². The number of piperidine rings is 1. The second-order valence-electron chi connectivity index (χ2n) is 6.91. The number of carbonyl (C=O) groups excluding carboxylic acids is 1. The number of quaternary nitrogens is 1. The number of rotatable bonds is 10. The van der Waals surface area contributed by atoms with E-state index in [4.69, 9.17) is 9.90 Å². The summed E-state index contributed by atoms with van der Waals surface area (Å²) in [5.74, 6) is -1.08. The van der Waals surface area contributed by atoms with Crippen molar-refractivity contribution in [3.63, 3.8) is 0 Å². The summed E-state index contributed by atoms with van der Waals surface area (Å²) in [5, 5.41) is 8.89. The van der Waals surface area contributed by atoms with Crippen LogP contribution in [0, 0.1) is 0 Å². The number of aliphatic carboxylic acids is 1. The van der Waals surface area contributed by atoms with E-state index in [0.29, 0.717) is 0 Å². The van der Waals surface area contributed by atoms with Crippen molar-refractivity contribution < 1.29 is 14.4 Å². The zero-order chi connectivity index (χ0) is 16.7. The SMILES string of the molecule is CC(=O)[O-].CCCCCCCCC[N+]1(CCC)CCCCC1. The van der Waals surface area contributed by atoms with Crippen molar-refractivity contribution in [1.29, 1.82) is 0 Å². The van der Waals surface area contributed by atoms with E-state index in [1.54, 1.807) is 0 Å². The van der Waals surface area contributed by atoms with E-state index in [0.717, 1.165) is 6.92 Å². The fourth-order valence-electron chi connectivity index (χ4n) is 3.62. The molecule has 1 aliphatic rings. The van der Waals surface area contributed by atoms with Crippen molar-refractivity contribution in [2.24, 2.45) is 0 Å². The first-order chi connectivity index (χ1) is 10.6. The van der Waals surface area contributed by atoms with Gasteiger partial charge >= 0.3 is 0 Å². The molecule has 1 rings (SSSR count). The Hall–Kier alpha value is -0.570. The average molecular weight is 314 g/mol. The van der Waals surface area contributed by atoms with Crippen molar-refractivity contribution in [1.82, 2.24) is 0 Å². The second kappa shape index (κ2) is 14.0. The van der Waals surface area contributed by atoms with Gasteiger partial charge in [-0.05, 0) is 45.4 Å². The quantitative estimate of drug-likeness (QED) is 0.453. The van der Waals surface area contributed by atoms with Gasteiger partial charge in [0.05, 0.1) is 26.2 Å². The summed E-state index contributed by atoms with van der Waals surface area (Å²) in [6.07, 6.45) is 16.0. The molecular formula is C19H39NO2. The molecular weight excluding hydrogens is 274 g/mol. The monoisotopic (exact) mass is 313 g/mol. The molecule has 0 bridgehead atoms. The van der Waals surface area contributed by atoms with E-state index < -0.39 is 5.97 Å². The number of likely N-dealkylation sites (tertiary alicyclic amines) is 1. The molecule has 3 heteroatoms. The molecule has 0 N–H and O–H groups in total. The number of carbonyl (C=O) groups is 1. The summed E-state index contributed by atoms with van der Waals surface area (Å²) >= 11 is 0.